The van der Waals surface area contributed by atoms with E-state index in [-0.39, 0.29) is 12.1 Å². The van der Waals surface area contributed by atoms with Crippen LogP contribution in [-0.4, -0.2) is 49.3 Å². The second kappa shape index (κ2) is 9.65. The average Bonchev–Trinajstić information content (AvgIpc) is 2.70. The van der Waals surface area contributed by atoms with E-state index in [9.17, 15) is 4.79 Å². The number of hydrogen-bond donors (Lipinski definition) is 3. The number of benzene rings is 1. The van der Waals surface area contributed by atoms with Crippen LogP contribution in [0.1, 0.15) is 25.7 Å². The predicted octanol–water partition coefficient (Wildman–Crippen LogP) is 3.75. The molecule has 1 aromatic heterocycles. The third kappa shape index (κ3) is 5.87. The number of carbonyl (C=O) groups is 1. The lowest BCUT2D eigenvalue weighted by atomic mass is 9.91. The number of nitrogens with one attached hydrogen (secondary N) is 3. The molecular weight excluding hydrogens is 392 g/mol. The smallest absolute Gasteiger partial charge is 0.319 e. The van der Waals surface area contributed by atoms with Gasteiger partial charge < -0.3 is 25.6 Å². The van der Waals surface area contributed by atoms with Crippen molar-refractivity contribution in [2.24, 2.45) is 0 Å². The van der Waals surface area contributed by atoms with Gasteiger partial charge in [0.25, 0.3) is 0 Å². The lowest BCUT2D eigenvalue weighted by Crippen LogP contribution is -2.42. The molecule has 0 saturated heterocycles. The number of amides is 2. The highest BCUT2D eigenvalue weighted by molar-refractivity contribution is 6.32. The second-order valence-corrected chi connectivity index (χ2v) is 7.68. The fourth-order valence-corrected chi connectivity index (χ4v) is 3.59. The summed E-state index contributed by atoms with van der Waals surface area (Å²) >= 11 is 6.10. The van der Waals surface area contributed by atoms with Crippen molar-refractivity contribution in [3.63, 3.8) is 0 Å². The molecule has 0 bridgehead atoms. The molecule has 156 valence electrons. The summed E-state index contributed by atoms with van der Waals surface area (Å²) in [7, 11) is 5.46. The number of urea groups is 1. The maximum absolute atomic E-state index is 12.3. The minimum atomic E-state index is -0.232. The van der Waals surface area contributed by atoms with Gasteiger partial charge in [-0.2, -0.15) is 4.98 Å². The van der Waals surface area contributed by atoms with Crippen molar-refractivity contribution in [1.29, 1.82) is 0 Å². The molecule has 2 amide bonds. The number of anilines is 3. The molecule has 1 aliphatic carbocycles. The molecule has 3 rings (SSSR count). The van der Waals surface area contributed by atoms with Crippen LogP contribution >= 0.6 is 11.6 Å². The predicted molar refractivity (Wildman–Crippen MR) is 116 cm³/mol. The lowest BCUT2D eigenvalue weighted by molar-refractivity contribution is 0.243. The minimum Gasteiger partial charge on any atom is -0.495 e. The highest BCUT2D eigenvalue weighted by Crippen LogP contribution is 2.27. The van der Waals surface area contributed by atoms with E-state index in [0.717, 1.165) is 31.5 Å². The fourth-order valence-electron chi connectivity index (χ4n) is 3.33. The Bertz CT molecular complexity index is 839. The van der Waals surface area contributed by atoms with Crippen molar-refractivity contribution < 1.29 is 9.53 Å². The maximum atomic E-state index is 12.3. The van der Waals surface area contributed by atoms with Crippen molar-refractivity contribution >= 4 is 35.1 Å². The van der Waals surface area contributed by atoms with Crippen LogP contribution in [-0.2, 0) is 0 Å². The molecule has 1 aliphatic rings. The van der Waals surface area contributed by atoms with Crippen LogP contribution in [0, 0.1) is 0 Å². The molecule has 8 nitrogen and oxygen atoms in total. The van der Waals surface area contributed by atoms with Gasteiger partial charge in [-0.3, -0.25) is 0 Å². The largest absolute Gasteiger partial charge is 0.495 e. The molecule has 9 heteroatoms. The summed E-state index contributed by atoms with van der Waals surface area (Å²) in [6, 6.07) is 7.23. The van der Waals surface area contributed by atoms with Gasteiger partial charge in [-0.25, -0.2) is 9.78 Å². The number of hydrogen-bond acceptors (Lipinski definition) is 6. The molecule has 1 saturated carbocycles. The van der Waals surface area contributed by atoms with Gasteiger partial charge in [0.1, 0.15) is 11.6 Å². The molecule has 3 N–H and O–H groups in total. The van der Waals surface area contributed by atoms with E-state index in [1.807, 2.05) is 25.1 Å². The Morgan fingerprint density at radius 2 is 1.90 bits per heavy atom. The average molecular weight is 419 g/mol. The Morgan fingerprint density at radius 3 is 2.55 bits per heavy atom. The van der Waals surface area contributed by atoms with Gasteiger partial charge in [-0.1, -0.05) is 11.6 Å². The zero-order chi connectivity index (χ0) is 20.8. The molecule has 0 atom stereocenters. The van der Waals surface area contributed by atoms with Gasteiger partial charge in [-0.05, 0) is 49.9 Å². The number of aromatic nitrogens is 2. The molecule has 0 aliphatic heterocycles. The third-order valence-corrected chi connectivity index (χ3v) is 5.20. The molecule has 0 spiro atoms. The van der Waals surface area contributed by atoms with E-state index in [0.29, 0.717) is 28.4 Å². The van der Waals surface area contributed by atoms with Crippen LogP contribution in [0.25, 0.3) is 0 Å². The van der Waals surface area contributed by atoms with Crippen molar-refractivity contribution in [1.82, 2.24) is 15.3 Å². The molecule has 1 heterocycles. The highest BCUT2D eigenvalue weighted by Gasteiger charge is 2.23. The number of ether oxygens (including phenoxy) is 1. The van der Waals surface area contributed by atoms with E-state index in [4.69, 9.17) is 16.3 Å². The molecular formula is C20H27ClN6O2. The summed E-state index contributed by atoms with van der Waals surface area (Å²) in [4.78, 5) is 23.0. The third-order valence-electron chi connectivity index (χ3n) is 4.90. The Kier molecular flexibility index (Phi) is 6.98. The first kappa shape index (κ1) is 21.0. The summed E-state index contributed by atoms with van der Waals surface area (Å²) < 4.78 is 5.12. The van der Waals surface area contributed by atoms with Gasteiger partial charge >= 0.3 is 6.03 Å². The van der Waals surface area contributed by atoms with Gasteiger partial charge in [0.15, 0.2) is 0 Å². The van der Waals surface area contributed by atoms with Crippen LogP contribution in [0.4, 0.5) is 22.2 Å². The topological polar surface area (TPSA) is 91.4 Å². The van der Waals surface area contributed by atoms with Crippen molar-refractivity contribution in [3.8, 4) is 5.75 Å². The Hall–Kier alpha value is -2.74. The van der Waals surface area contributed by atoms with E-state index >= 15 is 0 Å². The maximum Gasteiger partial charge on any atom is 0.319 e. The Balaban J connectivity index is 1.45. The molecule has 0 radical (unpaired) electrons. The normalized spacial score (nSPS) is 18.6. The molecule has 1 aromatic carbocycles. The molecule has 1 fully saturated rings. The minimum absolute atomic E-state index is 0.135. The summed E-state index contributed by atoms with van der Waals surface area (Å²) in [6.45, 7) is 0. The molecule has 0 unspecified atom stereocenters. The number of carbonyl (C=O) groups excluding carboxylic acids is 1. The van der Waals surface area contributed by atoms with Crippen LogP contribution in [0.5, 0.6) is 5.75 Å². The SMILES string of the molecule is COc1ccc(NC(=O)N[C@H]2CC[C@@H](Nc3nccc(N(C)C)n3)CC2)cc1Cl. The first-order valence-electron chi connectivity index (χ1n) is 9.62. The summed E-state index contributed by atoms with van der Waals surface area (Å²) in [5.74, 6) is 2.08. The standard InChI is InChI=1S/C20H27ClN6O2/c1-27(2)18-10-11-22-19(26-18)23-13-4-6-14(7-5-13)24-20(28)25-15-8-9-17(29-3)16(21)12-15/h8-14H,4-7H2,1-3H3,(H,22,23,26)(H2,24,25,28)/t13-,14+. The first-order chi connectivity index (χ1) is 13.9. The summed E-state index contributed by atoms with van der Waals surface area (Å²) in [6.07, 6.45) is 5.42. The zero-order valence-corrected chi connectivity index (χ0v) is 17.7. The highest BCUT2D eigenvalue weighted by atomic mass is 35.5. The van der Waals surface area contributed by atoms with E-state index in [1.165, 1.54) is 0 Å². The van der Waals surface area contributed by atoms with Gasteiger partial charge in [0.05, 0.1) is 12.1 Å². The van der Waals surface area contributed by atoms with Crippen LogP contribution in [0.2, 0.25) is 5.02 Å². The zero-order valence-electron chi connectivity index (χ0n) is 16.9. The van der Waals surface area contributed by atoms with Crippen LogP contribution < -0.4 is 25.6 Å². The number of rotatable bonds is 6. The number of methoxy groups -OCH3 is 1. The summed E-state index contributed by atoms with van der Waals surface area (Å²) in [5, 5.41) is 9.71. The Morgan fingerprint density at radius 1 is 1.17 bits per heavy atom. The van der Waals surface area contributed by atoms with Crippen LogP contribution in [0.3, 0.4) is 0 Å². The van der Waals surface area contributed by atoms with Crippen LogP contribution in [0.15, 0.2) is 30.5 Å². The monoisotopic (exact) mass is 418 g/mol. The Labute approximate surface area is 176 Å². The summed E-state index contributed by atoms with van der Waals surface area (Å²) in [5.41, 5.74) is 0.626. The van der Waals surface area contributed by atoms with E-state index in [1.54, 1.807) is 31.5 Å². The second-order valence-electron chi connectivity index (χ2n) is 7.27. The van der Waals surface area contributed by atoms with Crippen molar-refractivity contribution in [2.75, 3.05) is 36.7 Å². The number of nitrogens with zero attached hydrogens (tertiary/aromatic N) is 3. The first-order valence-corrected chi connectivity index (χ1v) is 10.0. The molecule has 2 aromatic rings. The van der Waals surface area contributed by atoms with Gasteiger partial charge in [-0.15, -0.1) is 0 Å². The lowest BCUT2D eigenvalue weighted by Gasteiger charge is -2.29. The van der Waals surface area contributed by atoms with Gasteiger partial charge in [0, 0.05) is 38.1 Å². The number of halogens is 1. The van der Waals surface area contributed by atoms with Gasteiger partial charge in [0.2, 0.25) is 5.95 Å². The quantitative estimate of drug-likeness (QED) is 0.661. The fraction of sp³-hybridized carbons (Fsp3) is 0.450. The van der Waals surface area contributed by atoms with E-state index in [2.05, 4.69) is 25.9 Å². The molecule has 29 heavy (non-hydrogen) atoms. The van der Waals surface area contributed by atoms with E-state index < -0.39 is 0 Å². The van der Waals surface area contributed by atoms with Crippen molar-refractivity contribution in [2.45, 2.75) is 37.8 Å². The van der Waals surface area contributed by atoms with Crippen molar-refractivity contribution in [3.05, 3.63) is 35.5 Å².